The van der Waals surface area contributed by atoms with E-state index in [2.05, 4.69) is 6.92 Å². The lowest BCUT2D eigenvalue weighted by atomic mass is 9.84. The van der Waals surface area contributed by atoms with Crippen molar-refractivity contribution >= 4 is 0 Å². The zero-order valence-electron chi connectivity index (χ0n) is 6.89. The molecule has 0 heterocycles. The van der Waals surface area contributed by atoms with E-state index >= 15 is 0 Å². The Balaban J connectivity index is 2.38. The third-order valence-corrected chi connectivity index (χ3v) is 2.58. The molecule has 0 atom stereocenters. The van der Waals surface area contributed by atoms with E-state index in [-0.39, 0.29) is 5.60 Å². The quantitative estimate of drug-likeness (QED) is 0.600. The first kappa shape index (κ1) is 8.02. The molecule has 10 heavy (non-hydrogen) atoms. The molecule has 0 aromatic heterocycles. The lowest BCUT2D eigenvalue weighted by Crippen LogP contribution is -2.37. The van der Waals surface area contributed by atoms with Gasteiger partial charge in [0, 0.05) is 13.2 Å². The molecule has 1 aliphatic carbocycles. The molecule has 2 N–H and O–H groups in total. The lowest BCUT2D eigenvalue weighted by Gasteiger charge is -2.34. The minimum Gasteiger partial charge on any atom is -0.379 e. The third kappa shape index (κ3) is 1.70. The van der Waals surface area contributed by atoms with Gasteiger partial charge in [-0.15, -0.1) is 0 Å². The second-order valence-corrected chi connectivity index (χ2v) is 3.49. The molecule has 2 heteroatoms. The van der Waals surface area contributed by atoms with Gasteiger partial charge < -0.3 is 10.5 Å². The van der Waals surface area contributed by atoms with E-state index in [1.165, 1.54) is 0 Å². The van der Waals surface area contributed by atoms with E-state index in [1.807, 2.05) is 0 Å². The van der Waals surface area contributed by atoms with Crippen molar-refractivity contribution < 1.29 is 4.74 Å². The Bertz CT molecular complexity index is 106. The van der Waals surface area contributed by atoms with Crippen LogP contribution >= 0.6 is 0 Å². The average molecular weight is 143 g/mol. The average Bonchev–Trinajstić information content (AvgIpc) is 1.96. The van der Waals surface area contributed by atoms with Crippen LogP contribution in [0, 0.1) is 0 Å². The van der Waals surface area contributed by atoms with E-state index in [9.17, 15) is 0 Å². The van der Waals surface area contributed by atoms with Crippen LogP contribution in [0.1, 0.15) is 32.6 Å². The van der Waals surface area contributed by atoms with Gasteiger partial charge in [-0.05, 0) is 32.6 Å². The monoisotopic (exact) mass is 143 g/mol. The predicted octanol–water partition coefficient (Wildman–Crippen LogP) is 1.29. The fraction of sp³-hybridized carbons (Fsp3) is 1.00. The van der Waals surface area contributed by atoms with Gasteiger partial charge in [0.05, 0.1) is 5.60 Å². The van der Waals surface area contributed by atoms with Gasteiger partial charge in [0.1, 0.15) is 0 Å². The zero-order valence-corrected chi connectivity index (χ0v) is 6.89. The van der Waals surface area contributed by atoms with Crippen LogP contribution in [0.3, 0.4) is 0 Å². The second kappa shape index (κ2) is 2.89. The van der Waals surface area contributed by atoms with Gasteiger partial charge in [0.2, 0.25) is 0 Å². The second-order valence-electron chi connectivity index (χ2n) is 3.49. The fourth-order valence-electron chi connectivity index (χ4n) is 1.45. The molecule has 0 unspecified atom stereocenters. The summed E-state index contributed by atoms with van der Waals surface area (Å²) in [6.45, 7) is 2.17. The van der Waals surface area contributed by atoms with Gasteiger partial charge in [0.15, 0.2) is 0 Å². The maximum atomic E-state index is 5.75. The smallest absolute Gasteiger partial charge is 0.0652 e. The molecule has 1 aliphatic rings. The summed E-state index contributed by atoms with van der Waals surface area (Å²) in [5.41, 5.74) is 5.88. The molecular weight excluding hydrogens is 126 g/mol. The van der Waals surface area contributed by atoms with E-state index in [1.54, 1.807) is 7.11 Å². The van der Waals surface area contributed by atoms with Crippen LogP contribution in [0.5, 0.6) is 0 Å². The largest absolute Gasteiger partial charge is 0.379 e. The summed E-state index contributed by atoms with van der Waals surface area (Å²) >= 11 is 0. The van der Waals surface area contributed by atoms with Crippen molar-refractivity contribution in [2.45, 2.75) is 44.2 Å². The first-order valence-corrected chi connectivity index (χ1v) is 3.97. The molecule has 0 aromatic carbocycles. The summed E-state index contributed by atoms with van der Waals surface area (Å²) in [7, 11) is 1.79. The molecule has 0 radical (unpaired) electrons. The molecule has 2 nitrogen and oxygen atoms in total. The molecule has 1 saturated carbocycles. The van der Waals surface area contributed by atoms with Crippen LogP contribution in [0.25, 0.3) is 0 Å². The van der Waals surface area contributed by atoms with Crippen LogP contribution in [-0.2, 0) is 4.74 Å². The molecule has 60 valence electrons. The van der Waals surface area contributed by atoms with Gasteiger partial charge in [-0.1, -0.05) is 0 Å². The molecule has 1 rings (SSSR count). The predicted molar refractivity (Wildman–Crippen MR) is 41.9 cm³/mol. The van der Waals surface area contributed by atoms with Crippen molar-refractivity contribution in [3.63, 3.8) is 0 Å². The summed E-state index contributed by atoms with van der Waals surface area (Å²) in [4.78, 5) is 0. The van der Waals surface area contributed by atoms with Crippen molar-refractivity contribution in [1.82, 2.24) is 0 Å². The van der Waals surface area contributed by atoms with Gasteiger partial charge >= 0.3 is 0 Å². The SMILES string of the molecule is CO[C@]1(C)CC[C@@H](N)CC1. The summed E-state index contributed by atoms with van der Waals surface area (Å²) in [6.07, 6.45) is 4.46. The Hall–Kier alpha value is -0.0800. The van der Waals surface area contributed by atoms with Crippen LogP contribution in [0.15, 0.2) is 0 Å². The minimum atomic E-state index is 0.121. The van der Waals surface area contributed by atoms with Crippen molar-refractivity contribution in [2.24, 2.45) is 5.73 Å². The van der Waals surface area contributed by atoms with E-state index in [4.69, 9.17) is 10.5 Å². The van der Waals surface area contributed by atoms with Crippen molar-refractivity contribution in [2.75, 3.05) is 7.11 Å². The number of hydrogen-bond acceptors (Lipinski definition) is 2. The Labute approximate surface area is 62.7 Å². The highest BCUT2D eigenvalue weighted by Gasteiger charge is 2.28. The van der Waals surface area contributed by atoms with Crippen molar-refractivity contribution in [3.8, 4) is 0 Å². The maximum Gasteiger partial charge on any atom is 0.0652 e. The normalized spacial score (nSPS) is 41.7. The molecular formula is C8H17NO. The molecule has 1 fully saturated rings. The van der Waals surface area contributed by atoms with Gasteiger partial charge in [-0.3, -0.25) is 0 Å². The highest BCUT2D eigenvalue weighted by molar-refractivity contribution is 4.84. The van der Waals surface area contributed by atoms with Gasteiger partial charge in [-0.25, -0.2) is 0 Å². The third-order valence-electron chi connectivity index (χ3n) is 2.58. The fourth-order valence-corrected chi connectivity index (χ4v) is 1.45. The van der Waals surface area contributed by atoms with Crippen molar-refractivity contribution in [3.05, 3.63) is 0 Å². The zero-order chi connectivity index (χ0) is 7.61. The van der Waals surface area contributed by atoms with Crippen LogP contribution in [-0.4, -0.2) is 18.8 Å². The minimum absolute atomic E-state index is 0.121. The topological polar surface area (TPSA) is 35.2 Å². The Kier molecular flexibility index (Phi) is 2.32. The molecule has 0 saturated heterocycles. The number of hydrogen-bond donors (Lipinski definition) is 1. The molecule has 0 aromatic rings. The maximum absolute atomic E-state index is 5.75. The lowest BCUT2D eigenvalue weighted by molar-refractivity contribution is -0.0265. The molecule has 0 bridgehead atoms. The highest BCUT2D eigenvalue weighted by atomic mass is 16.5. The van der Waals surface area contributed by atoms with E-state index in [0.717, 1.165) is 25.7 Å². The van der Waals surface area contributed by atoms with Crippen molar-refractivity contribution in [1.29, 1.82) is 0 Å². The summed E-state index contributed by atoms with van der Waals surface area (Å²) in [5, 5.41) is 0. The van der Waals surface area contributed by atoms with Crippen LogP contribution in [0.2, 0.25) is 0 Å². The Morgan fingerprint density at radius 3 is 2.30 bits per heavy atom. The highest BCUT2D eigenvalue weighted by Crippen LogP contribution is 2.29. The van der Waals surface area contributed by atoms with Crippen LogP contribution in [0.4, 0.5) is 0 Å². The number of methoxy groups -OCH3 is 1. The molecule has 0 amide bonds. The van der Waals surface area contributed by atoms with E-state index < -0.39 is 0 Å². The Morgan fingerprint density at radius 2 is 1.90 bits per heavy atom. The summed E-state index contributed by atoms with van der Waals surface area (Å²) in [6, 6.07) is 0.420. The first-order valence-electron chi connectivity index (χ1n) is 3.97. The molecule has 0 aliphatic heterocycles. The summed E-state index contributed by atoms with van der Waals surface area (Å²) in [5.74, 6) is 0. The standard InChI is InChI=1S/C8H17NO/c1-8(10-2)5-3-7(9)4-6-8/h7H,3-6,9H2,1-2H3/t7-,8-. The number of nitrogens with two attached hydrogens (primary N) is 1. The van der Waals surface area contributed by atoms with E-state index in [0.29, 0.717) is 6.04 Å². The number of rotatable bonds is 1. The Morgan fingerprint density at radius 1 is 1.40 bits per heavy atom. The molecule has 0 spiro atoms. The number of ether oxygens (including phenoxy) is 1. The summed E-state index contributed by atoms with van der Waals surface area (Å²) < 4.78 is 5.37. The van der Waals surface area contributed by atoms with Gasteiger partial charge in [0.25, 0.3) is 0 Å². The van der Waals surface area contributed by atoms with Gasteiger partial charge in [-0.2, -0.15) is 0 Å². The first-order chi connectivity index (χ1) is 4.66. The van der Waals surface area contributed by atoms with Crippen LogP contribution < -0.4 is 5.73 Å².